The third kappa shape index (κ3) is 5.63. The average Bonchev–Trinajstić information content (AvgIpc) is 2.86. The number of rotatable bonds is 7. The van der Waals surface area contributed by atoms with Gasteiger partial charge in [0.2, 0.25) is 0 Å². The smallest absolute Gasteiger partial charge is 0.255 e. The first-order valence-electron chi connectivity index (χ1n) is 11.8. The maximum Gasteiger partial charge on any atom is 0.255 e. The molecule has 0 saturated carbocycles. The van der Waals surface area contributed by atoms with Crippen molar-refractivity contribution in [2.75, 3.05) is 38.2 Å². The Bertz CT molecular complexity index is 1200. The van der Waals surface area contributed by atoms with E-state index < -0.39 is 0 Å². The number of ether oxygens (including phenoxy) is 1. The zero-order valence-electron chi connectivity index (χ0n) is 20.3. The predicted octanol–water partition coefficient (Wildman–Crippen LogP) is 5.09. The van der Waals surface area contributed by atoms with E-state index in [-0.39, 0.29) is 17.6 Å². The summed E-state index contributed by atoms with van der Waals surface area (Å²) in [7, 11) is 1.63. The van der Waals surface area contributed by atoms with Crippen LogP contribution in [0.4, 0.5) is 10.2 Å². The molecule has 1 saturated heterocycles. The first kappa shape index (κ1) is 25.1. The number of methoxy groups -OCH3 is 1. The number of aromatic nitrogens is 2. The van der Waals surface area contributed by atoms with Crippen LogP contribution in [0.15, 0.2) is 48.5 Å². The number of halogens is 2. The van der Waals surface area contributed by atoms with Gasteiger partial charge in [-0.05, 0) is 23.8 Å². The van der Waals surface area contributed by atoms with E-state index in [1.165, 1.54) is 6.07 Å². The summed E-state index contributed by atoms with van der Waals surface area (Å²) < 4.78 is 20.0. The molecule has 1 fully saturated rings. The van der Waals surface area contributed by atoms with Gasteiger partial charge in [0.25, 0.3) is 5.91 Å². The Morgan fingerprint density at radius 1 is 1.06 bits per heavy atom. The number of piperazine rings is 1. The Hall–Kier alpha value is -3.03. The fraction of sp³-hybridized carbons (Fsp3) is 0.370. The number of nitrogens with zero attached hydrogens (tertiary/aromatic N) is 4. The maximum atomic E-state index is 14.6. The summed E-state index contributed by atoms with van der Waals surface area (Å²) in [6, 6.07) is 13.9. The number of hydrogen-bond acceptors (Lipinski definition) is 5. The molecule has 35 heavy (non-hydrogen) atoms. The second-order valence-corrected chi connectivity index (χ2v) is 9.35. The van der Waals surface area contributed by atoms with Gasteiger partial charge in [-0.1, -0.05) is 55.8 Å². The Labute approximate surface area is 210 Å². The van der Waals surface area contributed by atoms with Crippen molar-refractivity contribution < 1.29 is 13.9 Å². The van der Waals surface area contributed by atoms with Crippen LogP contribution in [-0.2, 0) is 17.8 Å². The van der Waals surface area contributed by atoms with Crippen LogP contribution in [0.2, 0.25) is 5.02 Å². The fourth-order valence-corrected chi connectivity index (χ4v) is 4.47. The van der Waals surface area contributed by atoms with Crippen molar-refractivity contribution in [3.05, 3.63) is 87.6 Å². The second kappa shape index (κ2) is 11.1. The van der Waals surface area contributed by atoms with Gasteiger partial charge >= 0.3 is 0 Å². The van der Waals surface area contributed by atoms with Crippen LogP contribution in [0.3, 0.4) is 0 Å². The molecule has 8 heteroatoms. The topological polar surface area (TPSA) is 58.6 Å². The molecule has 0 bridgehead atoms. The molecule has 0 N–H and O–H groups in total. The van der Waals surface area contributed by atoms with Crippen LogP contribution in [0, 0.1) is 5.82 Å². The molecule has 1 aliphatic rings. The standard InChI is InChI=1S/C27H30ClFN4O2/c1-18(2)25-30-24(17-35-3)21(16-19-8-4-7-11-23(19)29)26(31-25)32-12-14-33(15-13-32)27(34)20-9-5-6-10-22(20)28/h4-11,18H,12-17H2,1-3H3. The summed E-state index contributed by atoms with van der Waals surface area (Å²) in [6.45, 7) is 6.67. The van der Waals surface area contributed by atoms with Crippen molar-refractivity contribution in [1.82, 2.24) is 14.9 Å². The lowest BCUT2D eigenvalue weighted by molar-refractivity contribution is 0.0746. The molecule has 0 unspecified atom stereocenters. The fourth-order valence-electron chi connectivity index (χ4n) is 4.25. The Morgan fingerprint density at radius 3 is 2.40 bits per heavy atom. The van der Waals surface area contributed by atoms with Gasteiger partial charge in [0.15, 0.2) is 0 Å². The van der Waals surface area contributed by atoms with Crippen molar-refractivity contribution in [3.63, 3.8) is 0 Å². The normalized spacial score (nSPS) is 14.0. The molecular weight excluding hydrogens is 467 g/mol. The molecule has 0 aliphatic carbocycles. The largest absolute Gasteiger partial charge is 0.378 e. The lowest BCUT2D eigenvalue weighted by Crippen LogP contribution is -2.49. The van der Waals surface area contributed by atoms with E-state index in [9.17, 15) is 9.18 Å². The number of carbonyl (C=O) groups excluding carboxylic acids is 1. The van der Waals surface area contributed by atoms with E-state index in [1.807, 2.05) is 36.9 Å². The van der Waals surface area contributed by atoms with Crippen LogP contribution in [-0.4, -0.2) is 54.1 Å². The van der Waals surface area contributed by atoms with Gasteiger partial charge in [-0.15, -0.1) is 0 Å². The highest BCUT2D eigenvalue weighted by Crippen LogP contribution is 2.29. The lowest BCUT2D eigenvalue weighted by atomic mass is 10.0. The van der Waals surface area contributed by atoms with Crippen molar-refractivity contribution in [2.24, 2.45) is 0 Å². The van der Waals surface area contributed by atoms with Gasteiger partial charge in [-0.3, -0.25) is 4.79 Å². The van der Waals surface area contributed by atoms with Crippen LogP contribution in [0.1, 0.15) is 52.8 Å². The lowest BCUT2D eigenvalue weighted by Gasteiger charge is -2.37. The first-order valence-corrected chi connectivity index (χ1v) is 12.2. The summed E-state index contributed by atoms with van der Waals surface area (Å²) in [4.78, 5) is 26.7. The third-order valence-electron chi connectivity index (χ3n) is 6.18. The highest BCUT2D eigenvalue weighted by atomic mass is 35.5. The molecule has 3 aromatic rings. The molecule has 2 heterocycles. The van der Waals surface area contributed by atoms with Gasteiger partial charge in [-0.25, -0.2) is 14.4 Å². The van der Waals surface area contributed by atoms with Crippen molar-refractivity contribution in [2.45, 2.75) is 32.8 Å². The average molecular weight is 497 g/mol. The number of amides is 1. The van der Waals surface area contributed by atoms with Crippen LogP contribution >= 0.6 is 11.6 Å². The molecular formula is C27H30ClFN4O2. The third-order valence-corrected chi connectivity index (χ3v) is 6.51. The summed E-state index contributed by atoms with van der Waals surface area (Å²) >= 11 is 6.25. The van der Waals surface area contributed by atoms with E-state index in [0.717, 1.165) is 22.9 Å². The van der Waals surface area contributed by atoms with E-state index in [0.29, 0.717) is 55.4 Å². The minimum absolute atomic E-state index is 0.0764. The van der Waals surface area contributed by atoms with Gasteiger partial charge < -0.3 is 14.5 Å². The van der Waals surface area contributed by atoms with E-state index in [4.69, 9.17) is 26.3 Å². The van der Waals surface area contributed by atoms with E-state index in [2.05, 4.69) is 4.90 Å². The van der Waals surface area contributed by atoms with Crippen molar-refractivity contribution in [1.29, 1.82) is 0 Å². The molecule has 1 amide bonds. The molecule has 1 aliphatic heterocycles. The Kier molecular flexibility index (Phi) is 7.98. The van der Waals surface area contributed by atoms with Crippen LogP contribution in [0.25, 0.3) is 0 Å². The number of carbonyl (C=O) groups is 1. The molecule has 0 spiro atoms. The maximum absolute atomic E-state index is 14.6. The van der Waals surface area contributed by atoms with Crippen molar-refractivity contribution in [3.8, 4) is 0 Å². The van der Waals surface area contributed by atoms with Crippen LogP contribution < -0.4 is 4.90 Å². The zero-order chi connectivity index (χ0) is 24.9. The SMILES string of the molecule is COCc1nc(C(C)C)nc(N2CCN(C(=O)c3ccccc3Cl)CC2)c1Cc1ccccc1F. The zero-order valence-corrected chi connectivity index (χ0v) is 21.1. The number of anilines is 1. The molecule has 1 aromatic heterocycles. The Balaban J connectivity index is 1.64. The quantitative estimate of drug-likeness (QED) is 0.456. The van der Waals surface area contributed by atoms with Crippen LogP contribution in [0.5, 0.6) is 0 Å². The van der Waals surface area contributed by atoms with Crippen molar-refractivity contribution >= 4 is 23.3 Å². The second-order valence-electron chi connectivity index (χ2n) is 8.95. The molecule has 0 radical (unpaired) electrons. The first-order chi connectivity index (χ1) is 16.9. The van der Waals surface area contributed by atoms with Gasteiger partial charge in [0, 0.05) is 51.2 Å². The number of hydrogen-bond donors (Lipinski definition) is 0. The van der Waals surface area contributed by atoms with E-state index in [1.54, 1.807) is 31.4 Å². The Morgan fingerprint density at radius 2 is 1.74 bits per heavy atom. The molecule has 4 rings (SSSR count). The molecule has 6 nitrogen and oxygen atoms in total. The molecule has 2 aromatic carbocycles. The summed E-state index contributed by atoms with van der Waals surface area (Å²) in [5.41, 5.74) is 2.71. The summed E-state index contributed by atoms with van der Waals surface area (Å²) in [6.07, 6.45) is 0.359. The van der Waals surface area contributed by atoms with Gasteiger partial charge in [0.1, 0.15) is 17.5 Å². The highest BCUT2D eigenvalue weighted by Gasteiger charge is 2.27. The summed E-state index contributed by atoms with van der Waals surface area (Å²) in [5, 5.41) is 0.452. The minimum Gasteiger partial charge on any atom is -0.378 e. The monoisotopic (exact) mass is 496 g/mol. The van der Waals surface area contributed by atoms with Gasteiger partial charge in [0.05, 0.1) is 22.9 Å². The number of benzene rings is 2. The molecule has 184 valence electrons. The minimum atomic E-state index is -0.259. The predicted molar refractivity (Wildman–Crippen MR) is 136 cm³/mol. The van der Waals surface area contributed by atoms with E-state index >= 15 is 0 Å². The summed E-state index contributed by atoms with van der Waals surface area (Å²) in [5.74, 6) is 1.29. The highest BCUT2D eigenvalue weighted by molar-refractivity contribution is 6.33. The molecule has 0 atom stereocenters. The van der Waals surface area contributed by atoms with Gasteiger partial charge in [-0.2, -0.15) is 0 Å².